The maximum Gasteiger partial charge on any atom is 0.387 e. The van der Waals surface area contributed by atoms with Crippen LogP contribution in [-0.4, -0.2) is 29.5 Å². The summed E-state index contributed by atoms with van der Waals surface area (Å²) in [4.78, 5) is 20.0. The molecule has 2 rings (SSSR count). The normalized spacial score (nSPS) is 10.4. The first-order valence-electron chi connectivity index (χ1n) is 5.56. The van der Waals surface area contributed by atoms with Crippen LogP contribution in [0.25, 0.3) is 0 Å². The van der Waals surface area contributed by atoms with Crippen molar-refractivity contribution < 1.29 is 23.0 Å². The minimum absolute atomic E-state index is 0.00389. The zero-order valence-electron chi connectivity index (χ0n) is 10.4. The van der Waals surface area contributed by atoms with E-state index in [9.17, 15) is 13.6 Å². The second-order valence-corrected chi connectivity index (χ2v) is 3.65. The average Bonchev–Trinajstić information content (AvgIpc) is 2.46. The highest BCUT2D eigenvalue weighted by molar-refractivity contribution is 6.09. The molecule has 0 bridgehead atoms. The van der Waals surface area contributed by atoms with Gasteiger partial charge in [-0.2, -0.15) is 8.78 Å². The van der Waals surface area contributed by atoms with Crippen LogP contribution in [0.2, 0.25) is 0 Å². The largest absolute Gasteiger partial charge is 0.479 e. The first kappa shape index (κ1) is 13.9. The predicted octanol–water partition coefficient (Wildman–Crippen LogP) is 2.32. The molecule has 0 aliphatic rings. The van der Waals surface area contributed by atoms with Crippen molar-refractivity contribution in [3.8, 4) is 11.6 Å². The zero-order valence-corrected chi connectivity index (χ0v) is 10.4. The van der Waals surface area contributed by atoms with Crippen LogP contribution < -0.4 is 9.47 Å². The minimum atomic E-state index is -2.95. The third-order valence-electron chi connectivity index (χ3n) is 2.39. The van der Waals surface area contributed by atoms with E-state index in [1.54, 1.807) is 0 Å². The van der Waals surface area contributed by atoms with Gasteiger partial charge in [0.05, 0.1) is 7.11 Å². The molecule has 0 atom stereocenters. The molecule has 0 radical (unpaired) electrons. The van der Waals surface area contributed by atoms with Crippen LogP contribution in [0, 0.1) is 0 Å². The third kappa shape index (κ3) is 3.05. The Labute approximate surface area is 113 Å². The molecule has 0 saturated carbocycles. The first-order chi connectivity index (χ1) is 9.61. The van der Waals surface area contributed by atoms with Crippen LogP contribution >= 0.6 is 0 Å². The maximum absolute atomic E-state index is 12.2. The number of rotatable bonds is 5. The van der Waals surface area contributed by atoms with E-state index < -0.39 is 12.4 Å². The second kappa shape index (κ2) is 6.05. The number of carbonyl (C=O) groups excluding carboxylic acids is 1. The quantitative estimate of drug-likeness (QED) is 0.786. The van der Waals surface area contributed by atoms with E-state index in [2.05, 4.69) is 14.7 Å². The van der Waals surface area contributed by atoms with E-state index in [1.807, 2.05) is 0 Å². The molecule has 0 aliphatic carbocycles. The number of carbonyl (C=O) groups is 1. The fourth-order valence-electron chi connectivity index (χ4n) is 1.58. The summed E-state index contributed by atoms with van der Waals surface area (Å²) in [5.41, 5.74) is 0.158. The van der Waals surface area contributed by atoms with Gasteiger partial charge in [-0.15, -0.1) is 0 Å². The summed E-state index contributed by atoms with van der Waals surface area (Å²) >= 11 is 0. The van der Waals surface area contributed by atoms with Crippen molar-refractivity contribution in [3.63, 3.8) is 0 Å². The van der Waals surface area contributed by atoms with Crippen molar-refractivity contribution in [3.05, 3.63) is 47.9 Å². The highest BCUT2D eigenvalue weighted by atomic mass is 19.3. The molecule has 7 heteroatoms. The number of ketones is 1. The number of nitrogens with zero attached hydrogens (tertiary/aromatic N) is 2. The van der Waals surface area contributed by atoms with Gasteiger partial charge in [0.15, 0.2) is 5.69 Å². The van der Waals surface area contributed by atoms with Crippen molar-refractivity contribution in [2.75, 3.05) is 7.11 Å². The summed E-state index contributed by atoms with van der Waals surface area (Å²) in [7, 11) is 1.36. The van der Waals surface area contributed by atoms with Crippen LogP contribution in [0.5, 0.6) is 11.6 Å². The molecule has 0 fully saturated rings. The molecule has 104 valence electrons. The monoisotopic (exact) mass is 280 g/mol. The molecule has 5 nitrogen and oxygen atoms in total. The number of hydrogen-bond acceptors (Lipinski definition) is 5. The van der Waals surface area contributed by atoms with E-state index in [0.29, 0.717) is 0 Å². The van der Waals surface area contributed by atoms with Crippen molar-refractivity contribution in [1.29, 1.82) is 0 Å². The average molecular weight is 280 g/mol. The van der Waals surface area contributed by atoms with Crippen molar-refractivity contribution in [2.45, 2.75) is 6.61 Å². The summed E-state index contributed by atoms with van der Waals surface area (Å²) in [6.07, 6.45) is 2.72. The molecular formula is C13H10F2N2O3. The molecule has 0 saturated heterocycles. The van der Waals surface area contributed by atoms with Gasteiger partial charge in [0, 0.05) is 18.0 Å². The number of ether oxygens (including phenoxy) is 2. The van der Waals surface area contributed by atoms with Gasteiger partial charge in [0.25, 0.3) is 0 Å². The van der Waals surface area contributed by atoms with E-state index in [-0.39, 0.29) is 22.9 Å². The fourth-order valence-corrected chi connectivity index (χ4v) is 1.58. The van der Waals surface area contributed by atoms with E-state index in [0.717, 1.165) is 0 Å². The van der Waals surface area contributed by atoms with Crippen molar-refractivity contribution in [2.24, 2.45) is 0 Å². The molecule has 0 amide bonds. The van der Waals surface area contributed by atoms with Gasteiger partial charge in [-0.1, -0.05) is 12.1 Å². The Kier molecular flexibility index (Phi) is 4.19. The van der Waals surface area contributed by atoms with Gasteiger partial charge in [0.1, 0.15) is 5.75 Å². The smallest absolute Gasteiger partial charge is 0.387 e. The summed E-state index contributed by atoms with van der Waals surface area (Å²) in [5.74, 6) is -0.527. The minimum Gasteiger partial charge on any atom is -0.479 e. The number of hydrogen-bond donors (Lipinski definition) is 0. The van der Waals surface area contributed by atoms with Crippen LogP contribution in [0.15, 0.2) is 36.7 Å². The number of aromatic nitrogens is 2. The predicted molar refractivity (Wildman–Crippen MR) is 65.1 cm³/mol. The standard InChI is InChI=1S/C13H10F2N2O3/c1-19-12-10(16-5-6-17-12)11(18)8-3-2-4-9(7-8)20-13(14)15/h2-7,13H,1H3. The van der Waals surface area contributed by atoms with E-state index in [4.69, 9.17) is 4.74 Å². The number of benzene rings is 1. The van der Waals surface area contributed by atoms with Crippen molar-refractivity contribution >= 4 is 5.78 Å². The van der Waals surface area contributed by atoms with Gasteiger partial charge in [0.2, 0.25) is 11.7 Å². The molecule has 0 N–H and O–H groups in total. The maximum atomic E-state index is 12.2. The van der Waals surface area contributed by atoms with Crippen LogP contribution in [0.1, 0.15) is 16.1 Å². The summed E-state index contributed by atoms with van der Waals surface area (Å²) in [6.45, 7) is -2.95. The third-order valence-corrected chi connectivity index (χ3v) is 2.39. The molecule has 1 aromatic heterocycles. The highest BCUT2D eigenvalue weighted by Crippen LogP contribution is 2.20. The lowest BCUT2D eigenvalue weighted by Gasteiger charge is -2.07. The lowest BCUT2D eigenvalue weighted by Crippen LogP contribution is -2.08. The second-order valence-electron chi connectivity index (χ2n) is 3.65. The van der Waals surface area contributed by atoms with Crippen molar-refractivity contribution in [1.82, 2.24) is 9.97 Å². The number of halogens is 2. The molecule has 1 aromatic carbocycles. The summed E-state index contributed by atoms with van der Waals surface area (Å²) in [6, 6.07) is 5.45. The Morgan fingerprint density at radius 2 is 2.00 bits per heavy atom. The van der Waals surface area contributed by atoms with E-state index >= 15 is 0 Å². The molecule has 0 unspecified atom stereocenters. The fraction of sp³-hybridized carbons (Fsp3) is 0.154. The Morgan fingerprint density at radius 1 is 1.25 bits per heavy atom. The summed E-state index contributed by atoms with van der Waals surface area (Å²) < 4.78 is 33.5. The first-order valence-corrected chi connectivity index (χ1v) is 5.56. The molecule has 2 aromatic rings. The SMILES string of the molecule is COc1nccnc1C(=O)c1cccc(OC(F)F)c1. The molecule has 20 heavy (non-hydrogen) atoms. The topological polar surface area (TPSA) is 61.3 Å². The van der Waals surface area contributed by atoms with Gasteiger partial charge in [-0.05, 0) is 12.1 Å². The van der Waals surface area contributed by atoms with Gasteiger partial charge in [-0.3, -0.25) is 4.79 Å². The molecule has 1 heterocycles. The highest BCUT2D eigenvalue weighted by Gasteiger charge is 2.18. The molecule has 0 aliphatic heterocycles. The lowest BCUT2D eigenvalue weighted by atomic mass is 10.1. The lowest BCUT2D eigenvalue weighted by molar-refractivity contribution is -0.0498. The summed E-state index contributed by atoms with van der Waals surface area (Å²) in [5, 5.41) is 0. The molecular weight excluding hydrogens is 270 g/mol. The zero-order chi connectivity index (χ0) is 14.5. The Balaban J connectivity index is 2.33. The van der Waals surface area contributed by atoms with Gasteiger partial charge < -0.3 is 9.47 Å². The Hall–Kier alpha value is -2.57. The van der Waals surface area contributed by atoms with Crippen LogP contribution in [0.4, 0.5) is 8.78 Å². The number of methoxy groups -OCH3 is 1. The van der Waals surface area contributed by atoms with Gasteiger partial charge >= 0.3 is 6.61 Å². The number of alkyl halides is 2. The Morgan fingerprint density at radius 3 is 2.70 bits per heavy atom. The molecule has 0 spiro atoms. The van der Waals surface area contributed by atoms with Crippen LogP contribution in [-0.2, 0) is 0 Å². The van der Waals surface area contributed by atoms with E-state index in [1.165, 1.54) is 43.8 Å². The van der Waals surface area contributed by atoms with Crippen LogP contribution in [0.3, 0.4) is 0 Å². The van der Waals surface area contributed by atoms with Gasteiger partial charge in [-0.25, -0.2) is 9.97 Å². The Bertz CT molecular complexity index is 620.